The molecule has 1 spiro atoms. The van der Waals surface area contributed by atoms with Gasteiger partial charge in [0.1, 0.15) is 5.66 Å². The molecular weight excluding hydrogens is 262 g/mol. The van der Waals surface area contributed by atoms with Gasteiger partial charge < -0.3 is 5.32 Å². The van der Waals surface area contributed by atoms with Crippen LogP contribution in [0.15, 0.2) is 24.3 Å². The molecule has 4 nitrogen and oxygen atoms in total. The number of nitrogens with zero attached hydrogens (tertiary/aromatic N) is 1. The zero-order valence-corrected chi connectivity index (χ0v) is 13.4. The second-order valence-corrected chi connectivity index (χ2v) is 7.65. The van der Waals surface area contributed by atoms with Crippen molar-refractivity contribution < 1.29 is 4.79 Å². The van der Waals surface area contributed by atoms with Gasteiger partial charge in [0, 0.05) is 0 Å². The molecule has 2 atom stereocenters. The molecule has 3 rings (SSSR count). The number of hydrogen-bond donors (Lipinski definition) is 2. The van der Waals surface area contributed by atoms with Crippen LogP contribution in [-0.2, 0) is 0 Å². The van der Waals surface area contributed by atoms with Crippen molar-refractivity contribution in [3.63, 3.8) is 0 Å². The van der Waals surface area contributed by atoms with E-state index in [1.807, 2.05) is 31.2 Å². The van der Waals surface area contributed by atoms with E-state index in [9.17, 15) is 4.79 Å². The Hall–Kier alpha value is -1.55. The summed E-state index contributed by atoms with van der Waals surface area (Å²) in [5.41, 5.74) is 5.45. The molecule has 1 aromatic carbocycles. The van der Waals surface area contributed by atoms with Gasteiger partial charge in [-0.2, -0.15) is 0 Å². The first-order valence-electron chi connectivity index (χ1n) is 7.75. The van der Waals surface area contributed by atoms with Gasteiger partial charge in [-0.05, 0) is 55.2 Å². The molecule has 0 aromatic heterocycles. The summed E-state index contributed by atoms with van der Waals surface area (Å²) in [5, 5.41) is 4.87. The molecule has 2 amide bonds. The lowest BCUT2D eigenvalue weighted by Gasteiger charge is -2.45. The number of anilines is 1. The van der Waals surface area contributed by atoms with E-state index < -0.39 is 0 Å². The number of carbonyl (C=O) groups is 1. The molecule has 0 unspecified atom stereocenters. The highest BCUT2D eigenvalue weighted by Gasteiger charge is 2.49. The molecule has 1 saturated heterocycles. The lowest BCUT2D eigenvalue weighted by atomic mass is 9.68. The Labute approximate surface area is 126 Å². The number of aryl methyl sites for hydroxylation is 1. The fourth-order valence-electron chi connectivity index (χ4n) is 4.25. The predicted octanol–water partition coefficient (Wildman–Crippen LogP) is 3.57. The number of amides is 2. The predicted molar refractivity (Wildman–Crippen MR) is 84.9 cm³/mol. The highest BCUT2D eigenvalue weighted by Crippen LogP contribution is 2.44. The Morgan fingerprint density at radius 3 is 2.71 bits per heavy atom. The molecule has 1 aromatic rings. The van der Waals surface area contributed by atoms with Crippen molar-refractivity contribution >= 4 is 11.7 Å². The van der Waals surface area contributed by atoms with Crippen LogP contribution in [0.5, 0.6) is 0 Å². The molecule has 0 radical (unpaired) electrons. The average molecular weight is 287 g/mol. The van der Waals surface area contributed by atoms with Crippen molar-refractivity contribution in [2.75, 3.05) is 5.01 Å². The van der Waals surface area contributed by atoms with Gasteiger partial charge in [-0.1, -0.05) is 32.9 Å². The van der Waals surface area contributed by atoms with Crippen molar-refractivity contribution in [2.45, 2.75) is 52.6 Å². The van der Waals surface area contributed by atoms with Gasteiger partial charge in [-0.25, -0.2) is 15.2 Å². The van der Waals surface area contributed by atoms with Crippen molar-refractivity contribution in [1.29, 1.82) is 0 Å². The summed E-state index contributed by atoms with van der Waals surface area (Å²) in [6, 6.07) is 7.97. The van der Waals surface area contributed by atoms with Gasteiger partial charge in [0.15, 0.2) is 0 Å². The fourth-order valence-corrected chi connectivity index (χ4v) is 4.25. The summed E-state index contributed by atoms with van der Waals surface area (Å²) in [6.45, 7) is 8.88. The summed E-state index contributed by atoms with van der Waals surface area (Å²) < 4.78 is 0. The zero-order valence-electron chi connectivity index (χ0n) is 13.4. The number of urea groups is 1. The van der Waals surface area contributed by atoms with Crippen LogP contribution in [-0.4, -0.2) is 11.7 Å². The lowest BCUT2D eigenvalue weighted by molar-refractivity contribution is 0.0812. The molecule has 2 fully saturated rings. The van der Waals surface area contributed by atoms with Crippen molar-refractivity contribution in [2.24, 2.45) is 11.3 Å². The van der Waals surface area contributed by atoms with Crippen LogP contribution < -0.4 is 15.8 Å². The lowest BCUT2D eigenvalue weighted by Crippen LogP contribution is -2.57. The number of hydrazine groups is 1. The van der Waals surface area contributed by atoms with Crippen molar-refractivity contribution in [1.82, 2.24) is 10.7 Å². The number of rotatable bonds is 1. The van der Waals surface area contributed by atoms with Crippen molar-refractivity contribution in [3.8, 4) is 0 Å². The first-order valence-corrected chi connectivity index (χ1v) is 7.75. The van der Waals surface area contributed by atoms with Crippen LogP contribution >= 0.6 is 0 Å². The SMILES string of the molecule is Cc1cccc(N2N[C@@]3(C[C@H](C)CC(C)(C)C3)NC2=O)c1. The second kappa shape index (κ2) is 4.73. The van der Waals surface area contributed by atoms with E-state index >= 15 is 0 Å². The Morgan fingerprint density at radius 1 is 1.29 bits per heavy atom. The second-order valence-electron chi connectivity index (χ2n) is 7.65. The van der Waals surface area contributed by atoms with E-state index in [1.54, 1.807) is 5.01 Å². The molecule has 1 saturated carbocycles. The number of benzene rings is 1. The van der Waals surface area contributed by atoms with Gasteiger partial charge in [-0.15, -0.1) is 0 Å². The fraction of sp³-hybridized carbons (Fsp3) is 0.588. The van der Waals surface area contributed by atoms with E-state index in [4.69, 9.17) is 0 Å². The van der Waals surface area contributed by atoms with Crippen LogP contribution in [0.2, 0.25) is 0 Å². The van der Waals surface area contributed by atoms with Crippen LogP contribution in [0.1, 0.15) is 45.6 Å². The van der Waals surface area contributed by atoms with Crippen LogP contribution in [0.4, 0.5) is 10.5 Å². The Balaban J connectivity index is 1.87. The minimum atomic E-state index is -0.304. The number of hydrogen-bond acceptors (Lipinski definition) is 2. The molecule has 1 aliphatic heterocycles. The molecular formula is C17H25N3O. The summed E-state index contributed by atoms with van der Waals surface area (Å²) in [4.78, 5) is 12.4. The summed E-state index contributed by atoms with van der Waals surface area (Å²) >= 11 is 0. The third-order valence-electron chi connectivity index (χ3n) is 4.51. The maximum absolute atomic E-state index is 12.4. The Kier molecular flexibility index (Phi) is 3.24. The first kappa shape index (κ1) is 14.4. The molecule has 114 valence electrons. The third-order valence-corrected chi connectivity index (χ3v) is 4.51. The first-order chi connectivity index (χ1) is 9.79. The monoisotopic (exact) mass is 287 g/mol. The zero-order chi connectivity index (χ0) is 15.3. The number of carbonyl (C=O) groups excluding carboxylic acids is 1. The molecule has 4 heteroatoms. The molecule has 1 heterocycles. The van der Waals surface area contributed by atoms with Gasteiger partial charge in [0.05, 0.1) is 5.69 Å². The standard InChI is InChI=1S/C17H25N3O/c1-12-6-5-7-14(8-12)20-15(21)18-17(19-20)10-13(2)9-16(3,4)11-17/h5-8,13,19H,9-11H2,1-4H3,(H,18,21)/t13-,17-/m1/s1. The van der Waals surface area contributed by atoms with Gasteiger partial charge >= 0.3 is 6.03 Å². The highest BCUT2D eigenvalue weighted by atomic mass is 16.2. The van der Waals surface area contributed by atoms with Crippen LogP contribution in [0.25, 0.3) is 0 Å². The van der Waals surface area contributed by atoms with Crippen LogP contribution in [0.3, 0.4) is 0 Å². The maximum Gasteiger partial charge on any atom is 0.338 e. The van der Waals surface area contributed by atoms with Gasteiger partial charge in [-0.3, -0.25) is 0 Å². The summed E-state index contributed by atoms with van der Waals surface area (Å²) in [6.07, 6.45) is 3.14. The van der Waals surface area contributed by atoms with Crippen molar-refractivity contribution in [3.05, 3.63) is 29.8 Å². The van der Waals surface area contributed by atoms with Gasteiger partial charge in [0.25, 0.3) is 0 Å². The third kappa shape index (κ3) is 2.77. The van der Waals surface area contributed by atoms with Gasteiger partial charge in [0.2, 0.25) is 0 Å². The average Bonchev–Trinajstić information content (AvgIpc) is 2.62. The van der Waals surface area contributed by atoms with E-state index in [2.05, 4.69) is 31.5 Å². The number of nitrogens with one attached hydrogen (secondary N) is 2. The largest absolute Gasteiger partial charge is 0.338 e. The molecule has 21 heavy (non-hydrogen) atoms. The Morgan fingerprint density at radius 2 is 2.05 bits per heavy atom. The van der Waals surface area contributed by atoms with E-state index in [-0.39, 0.29) is 17.1 Å². The topological polar surface area (TPSA) is 44.4 Å². The smallest absolute Gasteiger partial charge is 0.317 e. The summed E-state index contributed by atoms with van der Waals surface area (Å²) in [5.74, 6) is 0.596. The minimum absolute atomic E-state index is 0.0505. The van der Waals surface area contributed by atoms with E-state index in [0.29, 0.717) is 5.92 Å². The quantitative estimate of drug-likeness (QED) is 0.829. The Bertz CT molecular complexity index is 569. The summed E-state index contributed by atoms with van der Waals surface area (Å²) in [7, 11) is 0. The molecule has 0 bridgehead atoms. The maximum atomic E-state index is 12.4. The molecule has 2 aliphatic rings. The minimum Gasteiger partial charge on any atom is -0.317 e. The highest BCUT2D eigenvalue weighted by molar-refractivity contribution is 5.93. The van der Waals surface area contributed by atoms with Crippen LogP contribution in [0, 0.1) is 18.3 Å². The normalized spacial score (nSPS) is 31.5. The molecule has 2 N–H and O–H groups in total. The molecule has 1 aliphatic carbocycles. The van der Waals surface area contributed by atoms with E-state index in [1.165, 1.54) is 6.42 Å². The van der Waals surface area contributed by atoms with E-state index in [0.717, 1.165) is 24.1 Å².